The summed E-state index contributed by atoms with van der Waals surface area (Å²) < 4.78 is 0. The molecule has 2 aromatic rings. The highest BCUT2D eigenvalue weighted by Gasteiger charge is 2.27. The Kier molecular flexibility index (Phi) is 5.00. The summed E-state index contributed by atoms with van der Waals surface area (Å²) in [5.41, 5.74) is 3.19. The zero-order chi connectivity index (χ0) is 17.1. The molecule has 1 aromatic heterocycles. The molecular formula is C19H21NO3S. The van der Waals surface area contributed by atoms with Crippen LogP contribution in [0.2, 0.25) is 0 Å². The molecule has 1 aromatic carbocycles. The van der Waals surface area contributed by atoms with E-state index in [1.807, 2.05) is 42.6 Å². The Balaban J connectivity index is 1.67. The second kappa shape index (κ2) is 7.18. The van der Waals surface area contributed by atoms with E-state index in [9.17, 15) is 9.59 Å². The second-order valence-electron chi connectivity index (χ2n) is 6.39. The highest BCUT2D eigenvalue weighted by molar-refractivity contribution is 7.12. The van der Waals surface area contributed by atoms with E-state index in [0.717, 1.165) is 28.8 Å². The molecule has 0 radical (unpaired) electrons. The van der Waals surface area contributed by atoms with Gasteiger partial charge in [-0.2, -0.15) is 0 Å². The predicted molar refractivity (Wildman–Crippen MR) is 95.3 cm³/mol. The lowest BCUT2D eigenvalue weighted by Gasteiger charge is -2.26. The van der Waals surface area contributed by atoms with Crippen molar-refractivity contribution in [3.63, 3.8) is 0 Å². The fourth-order valence-corrected chi connectivity index (χ4v) is 4.00. The Bertz CT molecular complexity index is 727. The number of hydrogen-bond donors (Lipinski definition) is 2. The van der Waals surface area contributed by atoms with Crippen molar-refractivity contribution < 1.29 is 14.7 Å². The van der Waals surface area contributed by atoms with Gasteiger partial charge in [-0.25, -0.2) is 0 Å². The average Bonchev–Trinajstić information content (AvgIpc) is 3.06. The smallest absolute Gasteiger partial charge is 0.306 e. The number of carboxylic acid groups (broad SMARTS) is 1. The van der Waals surface area contributed by atoms with Crippen LogP contribution in [0.25, 0.3) is 11.1 Å². The fraction of sp³-hybridized carbons (Fsp3) is 0.368. The van der Waals surface area contributed by atoms with E-state index in [4.69, 9.17) is 5.11 Å². The van der Waals surface area contributed by atoms with Crippen molar-refractivity contribution in [2.75, 3.05) is 0 Å². The molecule has 4 nitrogen and oxygen atoms in total. The molecule has 2 N–H and O–H groups in total. The summed E-state index contributed by atoms with van der Waals surface area (Å²) in [5.74, 6) is -1.04. The van der Waals surface area contributed by atoms with Gasteiger partial charge in [-0.3, -0.25) is 9.59 Å². The number of aliphatic carboxylic acids is 1. The second-order valence-corrected chi connectivity index (χ2v) is 7.31. The van der Waals surface area contributed by atoms with Crippen molar-refractivity contribution in [2.45, 2.75) is 38.6 Å². The molecule has 24 heavy (non-hydrogen) atoms. The van der Waals surface area contributed by atoms with Crippen molar-refractivity contribution in [3.05, 3.63) is 46.2 Å². The van der Waals surface area contributed by atoms with Crippen molar-refractivity contribution >= 4 is 23.2 Å². The van der Waals surface area contributed by atoms with Crippen LogP contribution in [0.4, 0.5) is 0 Å². The van der Waals surface area contributed by atoms with Gasteiger partial charge in [0.05, 0.1) is 10.8 Å². The van der Waals surface area contributed by atoms with Gasteiger partial charge in [0.15, 0.2) is 0 Å². The average molecular weight is 343 g/mol. The number of carboxylic acids is 1. The van der Waals surface area contributed by atoms with Gasteiger partial charge in [-0.15, -0.1) is 11.3 Å². The molecule has 0 saturated heterocycles. The summed E-state index contributed by atoms with van der Waals surface area (Å²) in [6.07, 6.45) is 2.73. The molecule has 0 aliphatic heterocycles. The lowest BCUT2D eigenvalue weighted by molar-refractivity contribution is -0.142. The van der Waals surface area contributed by atoms with Gasteiger partial charge in [0, 0.05) is 11.6 Å². The number of aryl methyl sites for hydroxylation is 1. The Morgan fingerprint density at radius 2 is 1.75 bits per heavy atom. The lowest BCUT2D eigenvalue weighted by atomic mass is 9.86. The molecular weight excluding hydrogens is 322 g/mol. The first-order chi connectivity index (χ1) is 11.5. The Labute approximate surface area is 145 Å². The molecule has 0 unspecified atom stereocenters. The van der Waals surface area contributed by atoms with Gasteiger partial charge in [0.1, 0.15) is 0 Å². The third-order valence-electron chi connectivity index (χ3n) is 4.65. The Hall–Kier alpha value is -2.14. The molecule has 1 heterocycles. The van der Waals surface area contributed by atoms with E-state index in [1.54, 1.807) is 0 Å². The number of carbonyl (C=O) groups is 2. The Morgan fingerprint density at radius 3 is 2.38 bits per heavy atom. The van der Waals surface area contributed by atoms with Gasteiger partial charge in [0.2, 0.25) is 0 Å². The standard InChI is InChI=1S/C19H21NO3S/c1-12-2-4-13(5-3-12)16-10-11-24-17(16)18(21)20-15-8-6-14(7-9-15)19(22)23/h2-5,10-11,14-15H,6-9H2,1H3,(H,20,21)(H,22,23). The minimum atomic E-state index is -0.723. The van der Waals surface area contributed by atoms with Crippen LogP contribution in [-0.4, -0.2) is 23.0 Å². The zero-order valence-corrected chi connectivity index (χ0v) is 14.4. The first kappa shape index (κ1) is 16.7. The molecule has 5 heteroatoms. The summed E-state index contributed by atoms with van der Waals surface area (Å²) in [4.78, 5) is 24.4. The highest BCUT2D eigenvalue weighted by atomic mass is 32.1. The summed E-state index contributed by atoms with van der Waals surface area (Å²) in [6.45, 7) is 2.04. The van der Waals surface area contributed by atoms with Crippen LogP contribution in [0.5, 0.6) is 0 Å². The van der Waals surface area contributed by atoms with Gasteiger partial charge in [-0.05, 0) is 49.6 Å². The van der Waals surface area contributed by atoms with Crippen molar-refractivity contribution in [1.29, 1.82) is 0 Å². The predicted octanol–water partition coefficient (Wildman–Crippen LogP) is 4.10. The van der Waals surface area contributed by atoms with Crippen molar-refractivity contribution in [2.24, 2.45) is 5.92 Å². The van der Waals surface area contributed by atoms with Crippen LogP contribution in [0.3, 0.4) is 0 Å². The van der Waals surface area contributed by atoms with Crippen LogP contribution in [-0.2, 0) is 4.79 Å². The van der Waals surface area contributed by atoms with Crippen LogP contribution >= 0.6 is 11.3 Å². The van der Waals surface area contributed by atoms with Crippen LogP contribution in [0.15, 0.2) is 35.7 Å². The fourth-order valence-electron chi connectivity index (χ4n) is 3.18. The third-order valence-corrected chi connectivity index (χ3v) is 5.56. The van der Waals surface area contributed by atoms with Gasteiger partial charge in [0.25, 0.3) is 5.91 Å². The number of rotatable bonds is 4. The van der Waals surface area contributed by atoms with Crippen LogP contribution < -0.4 is 5.32 Å². The third kappa shape index (κ3) is 3.67. The van der Waals surface area contributed by atoms with Crippen LogP contribution in [0.1, 0.15) is 40.9 Å². The number of amides is 1. The maximum Gasteiger partial charge on any atom is 0.306 e. The molecule has 3 rings (SSSR count). The van der Waals surface area contributed by atoms with Gasteiger partial charge >= 0.3 is 5.97 Å². The van der Waals surface area contributed by atoms with Gasteiger partial charge < -0.3 is 10.4 Å². The summed E-state index contributed by atoms with van der Waals surface area (Å²) >= 11 is 1.44. The van der Waals surface area contributed by atoms with E-state index in [0.29, 0.717) is 12.8 Å². The van der Waals surface area contributed by atoms with E-state index < -0.39 is 5.97 Å². The first-order valence-electron chi connectivity index (χ1n) is 8.23. The summed E-state index contributed by atoms with van der Waals surface area (Å²) in [6, 6.07) is 10.2. The number of nitrogens with one attached hydrogen (secondary N) is 1. The number of hydrogen-bond acceptors (Lipinski definition) is 3. The minimum absolute atomic E-state index is 0.0562. The van der Waals surface area contributed by atoms with E-state index in [-0.39, 0.29) is 17.9 Å². The molecule has 1 amide bonds. The number of thiophene rings is 1. The first-order valence-corrected chi connectivity index (χ1v) is 9.11. The van der Waals surface area contributed by atoms with Crippen molar-refractivity contribution in [1.82, 2.24) is 5.32 Å². The molecule has 0 bridgehead atoms. The van der Waals surface area contributed by atoms with Gasteiger partial charge in [-0.1, -0.05) is 29.8 Å². The van der Waals surface area contributed by atoms with E-state index in [2.05, 4.69) is 5.32 Å². The lowest BCUT2D eigenvalue weighted by Crippen LogP contribution is -2.38. The molecule has 1 aliphatic rings. The maximum atomic E-state index is 12.6. The van der Waals surface area contributed by atoms with Crippen molar-refractivity contribution in [3.8, 4) is 11.1 Å². The summed E-state index contributed by atoms with van der Waals surface area (Å²) in [7, 11) is 0. The molecule has 126 valence electrons. The molecule has 1 fully saturated rings. The topological polar surface area (TPSA) is 66.4 Å². The SMILES string of the molecule is Cc1ccc(-c2ccsc2C(=O)NC2CCC(C(=O)O)CC2)cc1. The molecule has 0 spiro atoms. The van der Waals surface area contributed by atoms with E-state index in [1.165, 1.54) is 16.9 Å². The van der Waals surface area contributed by atoms with Crippen LogP contribution in [0, 0.1) is 12.8 Å². The minimum Gasteiger partial charge on any atom is -0.481 e. The molecule has 1 aliphatic carbocycles. The normalized spacial score (nSPS) is 20.5. The van der Waals surface area contributed by atoms with E-state index >= 15 is 0 Å². The monoisotopic (exact) mass is 343 g/mol. The molecule has 0 atom stereocenters. The Morgan fingerprint density at radius 1 is 1.08 bits per heavy atom. The quantitative estimate of drug-likeness (QED) is 0.878. The summed E-state index contributed by atoms with van der Waals surface area (Å²) in [5, 5.41) is 14.1. The highest BCUT2D eigenvalue weighted by Crippen LogP contribution is 2.30. The number of benzene rings is 1. The maximum absolute atomic E-state index is 12.6. The largest absolute Gasteiger partial charge is 0.481 e. The zero-order valence-electron chi connectivity index (χ0n) is 13.6. The molecule has 1 saturated carbocycles. The number of carbonyl (C=O) groups excluding carboxylic acids is 1.